The second kappa shape index (κ2) is 10.1. The lowest BCUT2D eigenvalue weighted by atomic mass is 9.97. The molecule has 4 heterocycles. The van der Waals surface area contributed by atoms with Gasteiger partial charge in [0.15, 0.2) is 5.69 Å². The lowest BCUT2D eigenvalue weighted by molar-refractivity contribution is -0.155. The molecule has 3 aromatic rings. The molecular weight excluding hydrogens is 517 g/mol. The molecule has 1 aromatic carbocycles. The first-order valence-electron chi connectivity index (χ1n) is 11.5. The van der Waals surface area contributed by atoms with Gasteiger partial charge in [0.25, 0.3) is 0 Å². The number of hydrogen-bond acceptors (Lipinski definition) is 6. The number of benzene rings is 1. The zero-order valence-corrected chi connectivity index (χ0v) is 21.0. The van der Waals surface area contributed by atoms with E-state index in [0.717, 1.165) is 39.7 Å². The normalized spacial score (nSPS) is 19.2. The van der Waals surface area contributed by atoms with Crippen molar-refractivity contribution in [2.45, 2.75) is 57.9 Å². The number of hydrogen-bond donors (Lipinski definition) is 0. The van der Waals surface area contributed by atoms with Crippen LogP contribution in [0.25, 0.3) is 0 Å². The maximum absolute atomic E-state index is 12.9. The van der Waals surface area contributed by atoms with Crippen molar-refractivity contribution in [2.75, 3.05) is 13.1 Å². The minimum absolute atomic E-state index is 0.188. The van der Waals surface area contributed by atoms with E-state index >= 15 is 0 Å². The van der Waals surface area contributed by atoms with Crippen molar-refractivity contribution in [3.8, 4) is 0 Å². The third-order valence-electron chi connectivity index (χ3n) is 6.52. The molecule has 0 aliphatic carbocycles. The smallest absolute Gasteiger partial charge is 0.342 e. The largest absolute Gasteiger partial charge is 0.435 e. The predicted molar refractivity (Wildman–Crippen MR) is 126 cm³/mol. The first-order valence-corrected chi connectivity index (χ1v) is 12.8. The molecule has 7 nitrogen and oxygen atoms in total. The molecule has 1 fully saturated rings. The molecule has 0 radical (unpaired) electrons. The number of nitrogens with zero attached hydrogens (tertiary/aromatic N) is 4. The number of rotatable bonds is 4. The van der Waals surface area contributed by atoms with Crippen molar-refractivity contribution in [3.63, 3.8) is 0 Å². The van der Waals surface area contributed by atoms with Crippen molar-refractivity contribution in [3.05, 3.63) is 67.9 Å². The van der Waals surface area contributed by atoms with Gasteiger partial charge in [-0.25, -0.2) is 4.98 Å². The van der Waals surface area contributed by atoms with E-state index in [1.807, 2.05) is 23.6 Å². The third kappa shape index (κ3) is 5.29. The van der Waals surface area contributed by atoms with Gasteiger partial charge in [-0.15, -0.1) is 11.3 Å². The first kappa shape index (κ1) is 25.2. The van der Waals surface area contributed by atoms with Crippen LogP contribution in [0.4, 0.5) is 13.2 Å². The number of aryl methyl sites for hydroxylation is 1. The monoisotopic (exact) mass is 540 g/mol. The van der Waals surface area contributed by atoms with Gasteiger partial charge in [-0.1, -0.05) is 23.7 Å². The fourth-order valence-electron chi connectivity index (χ4n) is 4.45. The highest BCUT2D eigenvalue weighted by Crippen LogP contribution is 2.35. The van der Waals surface area contributed by atoms with Crippen LogP contribution in [0.5, 0.6) is 0 Å². The lowest BCUT2D eigenvalue weighted by Gasteiger charge is -2.31. The topological polar surface area (TPSA) is 69.5 Å². The maximum atomic E-state index is 12.9. The fraction of sp³-hybridized carbons (Fsp3) is 0.458. The van der Waals surface area contributed by atoms with Crippen molar-refractivity contribution >= 4 is 28.8 Å². The Bertz CT molecular complexity index is 1250. The van der Waals surface area contributed by atoms with Crippen LogP contribution in [0.3, 0.4) is 0 Å². The molecule has 2 aliphatic heterocycles. The zero-order chi connectivity index (χ0) is 25.4. The molecule has 12 heteroatoms. The van der Waals surface area contributed by atoms with Crippen LogP contribution in [0.15, 0.2) is 29.6 Å². The Morgan fingerprint density at radius 2 is 1.97 bits per heavy atom. The number of carbonyl (C=O) groups is 1. The highest BCUT2D eigenvalue weighted by molar-refractivity contribution is 7.09. The van der Waals surface area contributed by atoms with Gasteiger partial charge in [0, 0.05) is 40.7 Å². The zero-order valence-electron chi connectivity index (χ0n) is 19.4. The van der Waals surface area contributed by atoms with E-state index in [2.05, 4.69) is 5.10 Å². The summed E-state index contributed by atoms with van der Waals surface area (Å²) < 4.78 is 51.7. The molecule has 1 saturated heterocycles. The van der Waals surface area contributed by atoms with Gasteiger partial charge < -0.3 is 14.4 Å². The molecule has 36 heavy (non-hydrogen) atoms. The minimum atomic E-state index is -4.53. The molecule has 1 atom stereocenters. The van der Waals surface area contributed by atoms with Gasteiger partial charge in [-0.3, -0.25) is 9.48 Å². The number of alkyl halides is 3. The minimum Gasteiger partial charge on any atom is -0.342 e. The Morgan fingerprint density at radius 1 is 1.22 bits per heavy atom. The van der Waals surface area contributed by atoms with E-state index in [4.69, 9.17) is 26.1 Å². The summed E-state index contributed by atoms with van der Waals surface area (Å²) >= 11 is 7.83. The summed E-state index contributed by atoms with van der Waals surface area (Å²) in [7, 11) is 0. The molecular formula is C24H24ClF3N4O3S. The Balaban J connectivity index is 1.16. The second-order valence-electron chi connectivity index (χ2n) is 8.92. The van der Waals surface area contributed by atoms with Crippen molar-refractivity contribution in [1.29, 1.82) is 0 Å². The van der Waals surface area contributed by atoms with Crippen LogP contribution in [0, 0.1) is 6.92 Å². The van der Waals surface area contributed by atoms with Crippen LogP contribution < -0.4 is 0 Å². The maximum Gasteiger partial charge on any atom is 0.435 e. The standard InChI is InChI=1S/C24H24ClF3N4O3S/c1-14-9-20(24(26,27)28)30-32(14)10-21(33)31-7-5-15(6-8-31)22-29-19(13-36-22)23-34-11-16-3-2-4-18(25)17(16)12-35-23/h2-4,9,13,15,23H,5-8,10-12H2,1H3. The Morgan fingerprint density at radius 3 is 2.69 bits per heavy atom. The van der Waals surface area contributed by atoms with E-state index in [1.54, 1.807) is 16.2 Å². The van der Waals surface area contributed by atoms with Crippen LogP contribution in [-0.2, 0) is 40.2 Å². The van der Waals surface area contributed by atoms with E-state index in [0.29, 0.717) is 42.7 Å². The number of ether oxygens (including phenoxy) is 2. The molecule has 2 aromatic heterocycles. The highest BCUT2D eigenvalue weighted by Gasteiger charge is 2.35. The van der Waals surface area contributed by atoms with Gasteiger partial charge in [0.05, 0.1) is 18.2 Å². The van der Waals surface area contributed by atoms with Crippen molar-refractivity contribution in [1.82, 2.24) is 19.7 Å². The van der Waals surface area contributed by atoms with Crippen LogP contribution in [-0.4, -0.2) is 38.7 Å². The van der Waals surface area contributed by atoms with E-state index < -0.39 is 18.2 Å². The third-order valence-corrected chi connectivity index (χ3v) is 7.90. The van der Waals surface area contributed by atoms with Gasteiger partial charge in [-0.05, 0) is 37.5 Å². The Hall–Kier alpha value is -2.47. The number of likely N-dealkylation sites (tertiary alicyclic amines) is 1. The molecule has 0 spiro atoms. The second-order valence-corrected chi connectivity index (χ2v) is 10.2. The number of piperidine rings is 1. The number of carbonyl (C=O) groups excluding carboxylic acids is 1. The van der Waals surface area contributed by atoms with Crippen molar-refractivity contribution < 1.29 is 27.4 Å². The number of amides is 1. The summed E-state index contributed by atoms with van der Waals surface area (Å²) in [5.41, 5.74) is 1.95. The molecule has 2 aliphatic rings. The summed E-state index contributed by atoms with van der Waals surface area (Å²) in [6.45, 7) is 3.04. The SMILES string of the molecule is Cc1cc(C(F)(F)F)nn1CC(=O)N1CCC(c2nc(C3OCc4cccc(Cl)c4CO3)cs2)CC1. The predicted octanol–water partition coefficient (Wildman–Crippen LogP) is 5.47. The van der Waals surface area contributed by atoms with Crippen LogP contribution in [0.2, 0.25) is 5.02 Å². The van der Waals surface area contributed by atoms with E-state index in [-0.39, 0.29) is 18.4 Å². The molecule has 192 valence electrons. The Labute approximate surface area is 214 Å². The van der Waals surface area contributed by atoms with E-state index in [1.165, 1.54) is 6.92 Å². The summed E-state index contributed by atoms with van der Waals surface area (Å²) in [4.78, 5) is 19.2. The molecule has 1 unspecified atom stereocenters. The number of fused-ring (bicyclic) bond motifs is 1. The number of thiazole rings is 1. The number of aromatic nitrogens is 3. The molecule has 1 amide bonds. The molecule has 0 N–H and O–H groups in total. The highest BCUT2D eigenvalue weighted by atomic mass is 35.5. The Kier molecular flexibility index (Phi) is 7.08. The summed E-state index contributed by atoms with van der Waals surface area (Å²) in [5.74, 6) is -0.0554. The molecule has 0 saturated carbocycles. The van der Waals surface area contributed by atoms with Crippen molar-refractivity contribution in [2.24, 2.45) is 0 Å². The van der Waals surface area contributed by atoms with Crippen LogP contribution in [0.1, 0.15) is 58.3 Å². The van der Waals surface area contributed by atoms with Gasteiger partial charge in [0.1, 0.15) is 12.2 Å². The summed E-state index contributed by atoms with van der Waals surface area (Å²) in [6.07, 6.45) is -3.68. The van der Waals surface area contributed by atoms with Gasteiger partial charge in [0.2, 0.25) is 12.2 Å². The van der Waals surface area contributed by atoms with Crippen LogP contribution >= 0.6 is 22.9 Å². The first-order chi connectivity index (χ1) is 17.2. The fourth-order valence-corrected chi connectivity index (χ4v) is 5.69. The summed E-state index contributed by atoms with van der Waals surface area (Å²) in [5, 5.41) is 7.11. The van der Waals surface area contributed by atoms with Gasteiger partial charge in [-0.2, -0.15) is 18.3 Å². The lowest BCUT2D eigenvalue weighted by Crippen LogP contribution is -2.40. The van der Waals surface area contributed by atoms with E-state index in [9.17, 15) is 18.0 Å². The quantitative estimate of drug-likeness (QED) is 0.439. The average molecular weight is 541 g/mol. The molecule has 5 rings (SSSR count). The summed E-state index contributed by atoms with van der Waals surface area (Å²) in [6, 6.07) is 6.64. The average Bonchev–Trinajstić information content (AvgIpc) is 3.41. The number of halogens is 4. The van der Waals surface area contributed by atoms with Gasteiger partial charge >= 0.3 is 6.18 Å². The molecule has 0 bridgehead atoms.